The predicted molar refractivity (Wildman–Crippen MR) is 115 cm³/mol. The molecule has 0 spiro atoms. The third kappa shape index (κ3) is 3.99. The maximum Gasteiger partial charge on any atom is 0.263 e. The van der Waals surface area contributed by atoms with Gasteiger partial charge in [0.25, 0.3) is 11.8 Å². The molecule has 154 valence electrons. The summed E-state index contributed by atoms with van der Waals surface area (Å²) >= 11 is 0. The van der Waals surface area contributed by atoms with Crippen molar-refractivity contribution in [1.29, 1.82) is 0 Å². The molecule has 30 heavy (non-hydrogen) atoms. The molecule has 2 amide bonds. The van der Waals surface area contributed by atoms with Gasteiger partial charge in [0.05, 0.1) is 0 Å². The van der Waals surface area contributed by atoms with Crippen LogP contribution in [0, 0.1) is 0 Å². The number of aromatic nitrogens is 1. The Bertz CT molecular complexity index is 1050. The largest absolute Gasteiger partial charge is 0.479 e. The van der Waals surface area contributed by atoms with Crippen molar-refractivity contribution in [2.24, 2.45) is 0 Å². The van der Waals surface area contributed by atoms with Gasteiger partial charge in [-0.3, -0.25) is 14.6 Å². The van der Waals surface area contributed by atoms with Gasteiger partial charge < -0.3 is 14.5 Å². The van der Waals surface area contributed by atoms with Crippen LogP contribution in [0.3, 0.4) is 0 Å². The number of amides is 2. The van der Waals surface area contributed by atoms with Gasteiger partial charge >= 0.3 is 0 Å². The van der Waals surface area contributed by atoms with Crippen molar-refractivity contribution in [2.75, 3.05) is 19.6 Å². The van der Waals surface area contributed by atoms with E-state index in [-0.39, 0.29) is 17.9 Å². The number of rotatable bonds is 4. The SMILES string of the molecule is C[C@@H]1CN(C(=O)c2ccccc2)CCN1C(=O)[C@@H](C)Oc1cccc2cccnc12. The number of carbonyl (C=O) groups excluding carboxylic acids is 2. The third-order valence-electron chi connectivity index (χ3n) is 5.47. The van der Waals surface area contributed by atoms with Crippen LogP contribution in [-0.4, -0.2) is 58.4 Å². The zero-order chi connectivity index (χ0) is 21.1. The summed E-state index contributed by atoms with van der Waals surface area (Å²) in [5, 5.41) is 0.969. The Hall–Kier alpha value is -3.41. The van der Waals surface area contributed by atoms with Crippen LogP contribution in [0.5, 0.6) is 5.75 Å². The van der Waals surface area contributed by atoms with Crippen molar-refractivity contribution in [3.63, 3.8) is 0 Å². The molecule has 2 heterocycles. The summed E-state index contributed by atoms with van der Waals surface area (Å²) in [5.74, 6) is 0.516. The monoisotopic (exact) mass is 403 g/mol. The first-order valence-corrected chi connectivity index (χ1v) is 10.2. The van der Waals surface area contributed by atoms with E-state index in [2.05, 4.69) is 4.98 Å². The normalized spacial score (nSPS) is 17.6. The Morgan fingerprint density at radius 1 is 1.03 bits per heavy atom. The summed E-state index contributed by atoms with van der Waals surface area (Å²) in [7, 11) is 0. The molecule has 1 aliphatic heterocycles. The van der Waals surface area contributed by atoms with E-state index >= 15 is 0 Å². The number of para-hydroxylation sites is 1. The number of piperazine rings is 1. The van der Waals surface area contributed by atoms with Gasteiger partial charge in [0.2, 0.25) is 0 Å². The first kappa shape index (κ1) is 19.9. The summed E-state index contributed by atoms with van der Waals surface area (Å²) < 4.78 is 6.00. The quantitative estimate of drug-likeness (QED) is 0.670. The van der Waals surface area contributed by atoms with Gasteiger partial charge in [-0.05, 0) is 38.1 Å². The predicted octanol–water partition coefficient (Wildman–Crippen LogP) is 3.38. The maximum atomic E-state index is 13.1. The van der Waals surface area contributed by atoms with Crippen molar-refractivity contribution >= 4 is 22.7 Å². The Morgan fingerprint density at radius 3 is 2.57 bits per heavy atom. The van der Waals surface area contributed by atoms with Crippen molar-refractivity contribution in [3.8, 4) is 5.75 Å². The second-order valence-electron chi connectivity index (χ2n) is 7.59. The topological polar surface area (TPSA) is 62.7 Å². The molecular weight excluding hydrogens is 378 g/mol. The Morgan fingerprint density at radius 2 is 1.80 bits per heavy atom. The molecule has 6 heteroatoms. The first-order chi connectivity index (χ1) is 14.5. The summed E-state index contributed by atoms with van der Waals surface area (Å²) in [6.45, 7) is 5.22. The van der Waals surface area contributed by atoms with Gasteiger partial charge in [0.15, 0.2) is 6.10 Å². The van der Waals surface area contributed by atoms with Crippen molar-refractivity contribution in [2.45, 2.75) is 26.0 Å². The lowest BCUT2D eigenvalue weighted by Crippen LogP contribution is -2.57. The summed E-state index contributed by atoms with van der Waals surface area (Å²) in [6, 6.07) is 18.7. The minimum atomic E-state index is -0.642. The number of hydrogen-bond acceptors (Lipinski definition) is 4. The summed E-state index contributed by atoms with van der Waals surface area (Å²) in [6.07, 6.45) is 1.07. The van der Waals surface area contributed by atoms with E-state index in [4.69, 9.17) is 4.74 Å². The molecule has 0 saturated carbocycles. The van der Waals surface area contributed by atoms with E-state index < -0.39 is 6.10 Å². The number of nitrogens with zero attached hydrogens (tertiary/aromatic N) is 3. The summed E-state index contributed by atoms with van der Waals surface area (Å²) in [4.78, 5) is 33.8. The number of benzene rings is 2. The van der Waals surface area contributed by atoms with Crippen molar-refractivity contribution < 1.29 is 14.3 Å². The van der Waals surface area contributed by atoms with Gasteiger partial charge in [-0.15, -0.1) is 0 Å². The maximum absolute atomic E-state index is 13.1. The van der Waals surface area contributed by atoms with Crippen molar-refractivity contribution in [1.82, 2.24) is 14.8 Å². The lowest BCUT2D eigenvalue weighted by atomic mass is 10.1. The van der Waals surface area contributed by atoms with E-state index in [0.717, 1.165) is 10.9 Å². The number of pyridine rings is 1. The minimum absolute atomic E-state index is 0.000627. The molecule has 0 unspecified atom stereocenters. The molecule has 1 saturated heterocycles. The number of fused-ring (bicyclic) bond motifs is 1. The average Bonchev–Trinajstić information content (AvgIpc) is 2.79. The van der Waals surface area contributed by atoms with Crippen LogP contribution in [-0.2, 0) is 4.79 Å². The molecule has 2 atom stereocenters. The fourth-order valence-electron chi connectivity index (χ4n) is 3.88. The zero-order valence-corrected chi connectivity index (χ0v) is 17.2. The fraction of sp³-hybridized carbons (Fsp3) is 0.292. The molecule has 0 bridgehead atoms. The molecule has 4 rings (SSSR count). The lowest BCUT2D eigenvalue weighted by molar-refractivity contribution is -0.142. The summed E-state index contributed by atoms with van der Waals surface area (Å²) in [5.41, 5.74) is 1.41. The van der Waals surface area contributed by atoms with E-state index in [1.54, 1.807) is 18.0 Å². The second kappa shape index (κ2) is 8.53. The second-order valence-corrected chi connectivity index (χ2v) is 7.59. The molecular formula is C24H25N3O3. The minimum Gasteiger partial charge on any atom is -0.479 e. The van der Waals surface area contributed by atoms with E-state index in [9.17, 15) is 9.59 Å². The Kier molecular flexibility index (Phi) is 5.65. The molecule has 3 aromatic rings. The number of ether oxygens (including phenoxy) is 1. The molecule has 0 N–H and O–H groups in total. The molecule has 1 aromatic heterocycles. The highest BCUT2D eigenvalue weighted by molar-refractivity contribution is 5.94. The molecule has 2 aromatic carbocycles. The van der Waals surface area contributed by atoms with Crippen LogP contribution in [0.4, 0.5) is 0 Å². The molecule has 6 nitrogen and oxygen atoms in total. The van der Waals surface area contributed by atoms with Crippen LogP contribution in [0.1, 0.15) is 24.2 Å². The Labute approximate surface area is 176 Å². The molecule has 0 aliphatic carbocycles. The van der Waals surface area contributed by atoms with Crippen LogP contribution in [0.25, 0.3) is 10.9 Å². The molecule has 1 aliphatic rings. The highest BCUT2D eigenvalue weighted by atomic mass is 16.5. The molecule has 0 radical (unpaired) electrons. The van der Waals surface area contributed by atoms with Gasteiger partial charge in [-0.2, -0.15) is 0 Å². The molecule has 1 fully saturated rings. The highest BCUT2D eigenvalue weighted by Gasteiger charge is 2.33. The number of hydrogen-bond donors (Lipinski definition) is 0. The van der Waals surface area contributed by atoms with Crippen LogP contribution < -0.4 is 4.74 Å². The van der Waals surface area contributed by atoms with Gasteiger partial charge in [0, 0.05) is 42.8 Å². The average molecular weight is 403 g/mol. The highest BCUT2D eigenvalue weighted by Crippen LogP contribution is 2.25. The van der Waals surface area contributed by atoms with Crippen molar-refractivity contribution in [3.05, 3.63) is 72.4 Å². The smallest absolute Gasteiger partial charge is 0.263 e. The first-order valence-electron chi connectivity index (χ1n) is 10.2. The standard InChI is InChI=1S/C24H25N3O3/c1-17-16-26(24(29)20-8-4-3-5-9-20)14-15-27(17)23(28)18(2)30-21-12-6-10-19-11-7-13-25-22(19)21/h3-13,17-18H,14-16H2,1-2H3/t17-,18-/m1/s1. The van der Waals surface area contributed by atoms with Gasteiger partial charge in [0.1, 0.15) is 11.3 Å². The van der Waals surface area contributed by atoms with E-state index in [1.165, 1.54) is 0 Å². The van der Waals surface area contributed by atoms with Gasteiger partial charge in [-0.25, -0.2) is 0 Å². The van der Waals surface area contributed by atoms with E-state index in [0.29, 0.717) is 30.9 Å². The Balaban J connectivity index is 1.42. The lowest BCUT2D eigenvalue weighted by Gasteiger charge is -2.40. The van der Waals surface area contributed by atoms with Crippen LogP contribution in [0.2, 0.25) is 0 Å². The van der Waals surface area contributed by atoms with Crippen LogP contribution >= 0.6 is 0 Å². The third-order valence-corrected chi connectivity index (χ3v) is 5.47. The number of carbonyl (C=O) groups is 2. The zero-order valence-electron chi connectivity index (χ0n) is 17.2. The fourth-order valence-corrected chi connectivity index (χ4v) is 3.88. The van der Waals surface area contributed by atoms with E-state index in [1.807, 2.05) is 72.5 Å². The van der Waals surface area contributed by atoms with Crippen LogP contribution in [0.15, 0.2) is 66.9 Å². The van der Waals surface area contributed by atoms with Gasteiger partial charge in [-0.1, -0.05) is 36.4 Å².